The van der Waals surface area contributed by atoms with E-state index < -0.39 is 28.5 Å². The van der Waals surface area contributed by atoms with Crippen molar-refractivity contribution in [2.75, 3.05) is 25.0 Å². The van der Waals surface area contributed by atoms with Crippen LogP contribution in [0.2, 0.25) is 0 Å². The fourth-order valence-corrected chi connectivity index (χ4v) is 5.60. The molecule has 8 nitrogen and oxygen atoms in total. The number of nitrogens with one attached hydrogen (secondary N) is 1. The number of rotatable bonds is 10. The second kappa shape index (κ2) is 12.2. The molecular weight excluding hydrogens is 558 g/mol. The zero-order valence-corrected chi connectivity index (χ0v) is 23.5. The molecule has 3 aromatic carbocycles. The molecule has 0 saturated heterocycles. The first-order valence-electron chi connectivity index (χ1n) is 11.6. The fourth-order valence-electron chi connectivity index (χ4n) is 3.74. The molecule has 1 N–H and O–H groups in total. The SMILES string of the molecule is CNC(=O)[C@@H](C)N(Cc1cccc(Br)c1)C(=O)CN(c1ccc(OC)cc1)S(=O)(=O)c1ccc(C)cc1. The van der Waals surface area contributed by atoms with Crippen LogP contribution < -0.4 is 14.4 Å². The quantitative estimate of drug-likeness (QED) is 0.385. The molecule has 0 bridgehead atoms. The van der Waals surface area contributed by atoms with Gasteiger partial charge in [0.05, 0.1) is 17.7 Å². The Morgan fingerprint density at radius 3 is 2.24 bits per heavy atom. The summed E-state index contributed by atoms with van der Waals surface area (Å²) in [5.41, 5.74) is 1.99. The number of ether oxygens (including phenoxy) is 1. The van der Waals surface area contributed by atoms with E-state index in [0.717, 1.165) is 19.9 Å². The molecule has 196 valence electrons. The van der Waals surface area contributed by atoms with Gasteiger partial charge >= 0.3 is 0 Å². The molecule has 0 radical (unpaired) electrons. The molecule has 0 aromatic heterocycles. The number of sulfonamides is 1. The van der Waals surface area contributed by atoms with Crippen molar-refractivity contribution < 1.29 is 22.7 Å². The highest BCUT2D eigenvalue weighted by Crippen LogP contribution is 2.27. The first-order chi connectivity index (χ1) is 17.6. The second-order valence-electron chi connectivity index (χ2n) is 8.46. The number of aryl methyl sites for hydroxylation is 1. The van der Waals surface area contributed by atoms with E-state index in [9.17, 15) is 18.0 Å². The average molecular weight is 589 g/mol. The number of amides is 2. The molecular formula is C27H30BrN3O5S. The Bertz CT molecular complexity index is 1350. The number of likely N-dealkylation sites (N-methyl/N-ethyl adjacent to an activating group) is 1. The van der Waals surface area contributed by atoms with E-state index in [1.54, 1.807) is 43.3 Å². The van der Waals surface area contributed by atoms with E-state index in [0.29, 0.717) is 11.4 Å². The van der Waals surface area contributed by atoms with Crippen molar-refractivity contribution in [3.63, 3.8) is 0 Å². The smallest absolute Gasteiger partial charge is 0.264 e. The summed E-state index contributed by atoms with van der Waals surface area (Å²) in [5.74, 6) is -0.337. The van der Waals surface area contributed by atoms with Crippen molar-refractivity contribution in [2.24, 2.45) is 0 Å². The van der Waals surface area contributed by atoms with Crippen molar-refractivity contribution in [2.45, 2.75) is 31.3 Å². The standard InChI is InChI=1S/C27H30BrN3O5S/c1-19-8-14-25(15-9-19)37(34,35)31(23-10-12-24(36-4)13-11-23)18-26(32)30(20(2)27(33)29-3)17-21-6-5-7-22(28)16-21/h5-16,20H,17-18H2,1-4H3,(H,29,33)/t20-/m1/s1. The van der Waals surface area contributed by atoms with Crippen molar-refractivity contribution in [3.8, 4) is 5.75 Å². The van der Waals surface area contributed by atoms with Crippen LogP contribution in [0.5, 0.6) is 5.75 Å². The number of hydrogen-bond acceptors (Lipinski definition) is 5. The number of nitrogens with zero attached hydrogens (tertiary/aromatic N) is 2. The third-order valence-electron chi connectivity index (χ3n) is 5.90. The highest BCUT2D eigenvalue weighted by Gasteiger charge is 2.32. The molecule has 37 heavy (non-hydrogen) atoms. The highest BCUT2D eigenvalue weighted by molar-refractivity contribution is 9.10. The summed E-state index contributed by atoms with van der Waals surface area (Å²) < 4.78 is 34.6. The van der Waals surface area contributed by atoms with Gasteiger partial charge in [-0.2, -0.15) is 0 Å². The first kappa shape index (κ1) is 28.2. The summed E-state index contributed by atoms with van der Waals surface area (Å²) in [5, 5.41) is 2.57. The summed E-state index contributed by atoms with van der Waals surface area (Å²) in [7, 11) is -1.11. The van der Waals surface area contributed by atoms with Crippen LogP contribution >= 0.6 is 15.9 Å². The Labute approximate surface area is 226 Å². The molecule has 2 amide bonds. The molecule has 0 aliphatic rings. The Kier molecular flexibility index (Phi) is 9.34. The van der Waals surface area contributed by atoms with Crippen LogP contribution in [-0.4, -0.2) is 51.9 Å². The van der Waals surface area contributed by atoms with Crippen molar-refractivity contribution in [1.29, 1.82) is 0 Å². The lowest BCUT2D eigenvalue weighted by atomic mass is 10.1. The first-order valence-corrected chi connectivity index (χ1v) is 13.8. The zero-order valence-electron chi connectivity index (χ0n) is 21.1. The van der Waals surface area contributed by atoms with Gasteiger partial charge in [-0.15, -0.1) is 0 Å². The summed E-state index contributed by atoms with van der Waals surface area (Å²) in [6.45, 7) is 3.09. The number of carbonyl (C=O) groups excluding carboxylic acids is 2. The van der Waals surface area contributed by atoms with Gasteiger partial charge < -0.3 is 15.0 Å². The Balaban J connectivity index is 2.03. The number of anilines is 1. The third-order valence-corrected chi connectivity index (χ3v) is 8.19. The molecule has 10 heteroatoms. The van der Waals surface area contributed by atoms with Crippen LogP contribution in [0, 0.1) is 6.92 Å². The maximum Gasteiger partial charge on any atom is 0.264 e. The lowest BCUT2D eigenvalue weighted by Gasteiger charge is -2.31. The summed E-state index contributed by atoms with van der Waals surface area (Å²) >= 11 is 3.43. The molecule has 0 unspecified atom stereocenters. The van der Waals surface area contributed by atoms with Gasteiger partial charge in [0.1, 0.15) is 18.3 Å². The number of benzene rings is 3. The lowest BCUT2D eigenvalue weighted by molar-refractivity contribution is -0.139. The molecule has 3 aromatic rings. The zero-order chi connectivity index (χ0) is 27.2. The van der Waals surface area contributed by atoms with Gasteiger partial charge in [0.25, 0.3) is 10.0 Å². The third kappa shape index (κ3) is 6.90. The highest BCUT2D eigenvalue weighted by atomic mass is 79.9. The number of hydrogen-bond donors (Lipinski definition) is 1. The van der Waals surface area contributed by atoms with Crippen molar-refractivity contribution >= 4 is 43.5 Å². The van der Waals surface area contributed by atoms with Crippen LogP contribution in [0.15, 0.2) is 82.2 Å². The maximum atomic E-state index is 13.8. The van der Waals surface area contributed by atoms with Crippen LogP contribution in [0.3, 0.4) is 0 Å². The Morgan fingerprint density at radius 1 is 1.03 bits per heavy atom. The Hall–Kier alpha value is -3.37. The fraction of sp³-hybridized carbons (Fsp3) is 0.259. The van der Waals surface area contributed by atoms with E-state index in [4.69, 9.17) is 4.74 Å². The maximum absolute atomic E-state index is 13.8. The summed E-state index contributed by atoms with van der Waals surface area (Å²) in [6.07, 6.45) is 0. The van der Waals surface area contributed by atoms with E-state index in [1.165, 1.54) is 31.2 Å². The van der Waals surface area contributed by atoms with E-state index >= 15 is 0 Å². The van der Waals surface area contributed by atoms with E-state index in [-0.39, 0.29) is 17.3 Å². The molecule has 0 aliphatic carbocycles. The number of methoxy groups -OCH3 is 1. The van der Waals surface area contributed by atoms with Crippen LogP contribution in [0.25, 0.3) is 0 Å². The van der Waals surface area contributed by atoms with E-state index in [2.05, 4.69) is 21.2 Å². The van der Waals surface area contributed by atoms with Crippen molar-refractivity contribution in [3.05, 3.63) is 88.4 Å². The number of halogens is 1. The van der Waals surface area contributed by atoms with Gasteiger partial charge in [-0.1, -0.05) is 45.8 Å². The monoisotopic (exact) mass is 587 g/mol. The van der Waals surface area contributed by atoms with Crippen LogP contribution in [0.1, 0.15) is 18.1 Å². The predicted molar refractivity (Wildman–Crippen MR) is 147 cm³/mol. The lowest BCUT2D eigenvalue weighted by Crippen LogP contribution is -2.50. The molecule has 0 fully saturated rings. The molecule has 0 aliphatic heterocycles. The topological polar surface area (TPSA) is 96.0 Å². The largest absolute Gasteiger partial charge is 0.497 e. The summed E-state index contributed by atoms with van der Waals surface area (Å²) in [6, 6.07) is 19.4. The molecule has 0 saturated carbocycles. The summed E-state index contributed by atoms with van der Waals surface area (Å²) in [4.78, 5) is 27.7. The van der Waals surface area contributed by atoms with Crippen LogP contribution in [-0.2, 0) is 26.2 Å². The minimum atomic E-state index is -4.11. The van der Waals surface area contributed by atoms with Gasteiger partial charge in [0, 0.05) is 18.1 Å². The molecule has 0 spiro atoms. The predicted octanol–water partition coefficient (Wildman–Crippen LogP) is 4.12. The minimum Gasteiger partial charge on any atom is -0.497 e. The number of carbonyl (C=O) groups is 2. The average Bonchev–Trinajstić information content (AvgIpc) is 2.89. The van der Waals surface area contributed by atoms with Gasteiger partial charge in [0.15, 0.2) is 0 Å². The molecule has 3 rings (SSSR count). The van der Waals surface area contributed by atoms with Gasteiger partial charge in [-0.3, -0.25) is 13.9 Å². The molecule has 0 heterocycles. The normalized spacial score (nSPS) is 11.9. The van der Waals surface area contributed by atoms with Gasteiger partial charge in [0.2, 0.25) is 11.8 Å². The Morgan fingerprint density at radius 2 is 1.68 bits per heavy atom. The van der Waals surface area contributed by atoms with Gasteiger partial charge in [-0.05, 0) is 67.9 Å². The van der Waals surface area contributed by atoms with E-state index in [1.807, 2.05) is 31.2 Å². The van der Waals surface area contributed by atoms with Crippen LogP contribution in [0.4, 0.5) is 5.69 Å². The molecule has 1 atom stereocenters. The van der Waals surface area contributed by atoms with Crippen molar-refractivity contribution in [1.82, 2.24) is 10.2 Å². The second-order valence-corrected chi connectivity index (χ2v) is 11.2. The minimum absolute atomic E-state index is 0.0552. The van der Waals surface area contributed by atoms with Gasteiger partial charge in [-0.25, -0.2) is 8.42 Å².